The molecule has 2 rings (SSSR count). The van der Waals surface area contributed by atoms with E-state index < -0.39 is 10.8 Å². The molecule has 4 atom stereocenters. The largest absolute Gasteiger partial charge is 0.327 e. The topological polar surface area (TPSA) is 43.1 Å². The van der Waals surface area contributed by atoms with Crippen LogP contribution in [0.25, 0.3) is 0 Å². The summed E-state index contributed by atoms with van der Waals surface area (Å²) < 4.78 is 12.6. The molecule has 18 heavy (non-hydrogen) atoms. The summed E-state index contributed by atoms with van der Waals surface area (Å²) in [5.74, 6) is 3.09. The molecule has 2 aliphatic rings. The van der Waals surface area contributed by atoms with Gasteiger partial charge in [-0.25, -0.2) is 0 Å². The zero-order valence-electron chi connectivity index (χ0n) is 11.9. The van der Waals surface area contributed by atoms with Gasteiger partial charge < -0.3 is 5.73 Å². The minimum absolute atomic E-state index is 0.183. The van der Waals surface area contributed by atoms with Crippen molar-refractivity contribution in [2.24, 2.45) is 23.5 Å². The van der Waals surface area contributed by atoms with Crippen molar-refractivity contribution in [1.82, 2.24) is 0 Å². The average Bonchev–Trinajstić information content (AvgIpc) is 2.81. The molecule has 106 valence electrons. The Balaban J connectivity index is 1.89. The third-order valence-electron chi connectivity index (χ3n) is 5.04. The Bertz CT molecular complexity index is 286. The molecule has 0 amide bonds. The van der Waals surface area contributed by atoms with E-state index in [0.717, 1.165) is 30.4 Å². The first-order valence-electron chi connectivity index (χ1n) is 7.70. The third-order valence-corrected chi connectivity index (χ3v) is 7.06. The van der Waals surface area contributed by atoms with Gasteiger partial charge in [0, 0.05) is 22.6 Å². The molecule has 0 aromatic carbocycles. The van der Waals surface area contributed by atoms with Crippen LogP contribution in [-0.2, 0) is 10.8 Å². The van der Waals surface area contributed by atoms with Gasteiger partial charge in [0.2, 0.25) is 0 Å². The van der Waals surface area contributed by atoms with Gasteiger partial charge in [0.25, 0.3) is 0 Å². The predicted molar refractivity (Wildman–Crippen MR) is 78.9 cm³/mol. The van der Waals surface area contributed by atoms with Crippen LogP contribution in [-0.4, -0.2) is 21.3 Å². The molecular weight excluding hydrogens is 242 g/mol. The van der Waals surface area contributed by atoms with Gasteiger partial charge in [0.15, 0.2) is 0 Å². The van der Waals surface area contributed by atoms with Crippen LogP contribution in [0, 0.1) is 17.8 Å². The van der Waals surface area contributed by atoms with Gasteiger partial charge in [0.1, 0.15) is 0 Å². The fourth-order valence-electron chi connectivity index (χ4n) is 3.62. The van der Waals surface area contributed by atoms with E-state index in [0.29, 0.717) is 5.92 Å². The maximum absolute atomic E-state index is 12.6. The molecule has 0 bridgehead atoms. The number of hydrogen-bond acceptors (Lipinski definition) is 2. The second-order valence-electron chi connectivity index (χ2n) is 6.72. The molecule has 2 N–H and O–H groups in total. The van der Waals surface area contributed by atoms with Gasteiger partial charge in [-0.3, -0.25) is 4.21 Å². The number of hydrogen-bond donors (Lipinski definition) is 1. The Kier molecular flexibility index (Phi) is 5.25. The van der Waals surface area contributed by atoms with E-state index in [9.17, 15) is 4.21 Å². The second-order valence-corrected chi connectivity index (χ2v) is 8.42. The number of rotatable bonds is 4. The Morgan fingerprint density at radius 3 is 2.44 bits per heavy atom. The summed E-state index contributed by atoms with van der Waals surface area (Å²) in [6.07, 6.45) is 8.67. The Labute approximate surface area is 115 Å². The standard InChI is InChI=1S/C15H29NOS/c1-11(2)13-7-8-14(16)15(9-13)18(17)10-12-5-3-4-6-12/h11-15H,3-10,16H2,1-2H3. The van der Waals surface area contributed by atoms with Gasteiger partial charge in [-0.05, 0) is 49.9 Å². The first-order chi connectivity index (χ1) is 8.58. The highest BCUT2D eigenvalue weighted by molar-refractivity contribution is 7.85. The van der Waals surface area contributed by atoms with E-state index in [4.69, 9.17) is 5.73 Å². The summed E-state index contributed by atoms with van der Waals surface area (Å²) in [6.45, 7) is 4.58. The van der Waals surface area contributed by atoms with Gasteiger partial charge in [0.05, 0.1) is 5.25 Å². The van der Waals surface area contributed by atoms with Gasteiger partial charge in [-0.1, -0.05) is 26.7 Å². The van der Waals surface area contributed by atoms with E-state index in [2.05, 4.69) is 13.8 Å². The fraction of sp³-hybridized carbons (Fsp3) is 1.00. The lowest BCUT2D eigenvalue weighted by atomic mass is 9.79. The van der Waals surface area contributed by atoms with Crippen LogP contribution in [0.5, 0.6) is 0 Å². The second kappa shape index (κ2) is 6.51. The molecule has 0 radical (unpaired) electrons. The van der Waals surface area contributed by atoms with Crippen molar-refractivity contribution in [3.8, 4) is 0 Å². The first-order valence-corrected chi connectivity index (χ1v) is 9.09. The maximum atomic E-state index is 12.6. The monoisotopic (exact) mass is 271 g/mol. The highest BCUT2D eigenvalue weighted by Gasteiger charge is 2.34. The molecule has 0 saturated heterocycles. The van der Waals surface area contributed by atoms with E-state index in [1.165, 1.54) is 32.1 Å². The third kappa shape index (κ3) is 3.57. The van der Waals surface area contributed by atoms with Crippen molar-refractivity contribution in [2.45, 2.75) is 70.1 Å². The van der Waals surface area contributed by atoms with Crippen molar-refractivity contribution in [2.75, 3.05) is 5.75 Å². The SMILES string of the molecule is CC(C)C1CCC(N)C(S(=O)CC2CCCC2)C1. The summed E-state index contributed by atoms with van der Waals surface area (Å²) in [4.78, 5) is 0. The Hall–Kier alpha value is 0.110. The molecule has 2 saturated carbocycles. The van der Waals surface area contributed by atoms with Crippen molar-refractivity contribution < 1.29 is 4.21 Å². The van der Waals surface area contributed by atoms with Crippen LogP contribution in [0.3, 0.4) is 0 Å². The van der Waals surface area contributed by atoms with Crippen LogP contribution in [0.1, 0.15) is 58.8 Å². The van der Waals surface area contributed by atoms with Crippen LogP contribution < -0.4 is 5.73 Å². The normalized spacial score (nSPS) is 36.1. The smallest absolute Gasteiger partial charge is 0.0501 e. The molecule has 0 aliphatic heterocycles. The maximum Gasteiger partial charge on any atom is 0.0501 e. The molecule has 4 unspecified atom stereocenters. The molecule has 0 aromatic heterocycles. The molecular formula is C15H29NOS. The van der Waals surface area contributed by atoms with Crippen molar-refractivity contribution in [3.05, 3.63) is 0 Å². The quantitative estimate of drug-likeness (QED) is 0.854. The van der Waals surface area contributed by atoms with Crippen LogP contribution in [0.15, 0.2) is 0 Å². The minimum atomic E-state index is -0.689. The lowest BCUT2D eigenvalue weighted by molar-refractivity contribution is 0.263. The van der Waals surface area contributed by atoms with Crippen LogP contribution in [0.4, 0.5) is 0 Å². The fourth-order valence-corrected chi connectivity index (χ4v) is 5.66. The summed E-state index contributed by atoms with van der Waals surface area (Å²) in [5.41, 5.74) is 6.22. The molecule has 2 aliphatic carbocycles. The Morgan fingerprint density at radius 2 is 1.83 bits per heavy atom. The molecule has 0 aromatic rings. The summed E-state index contributed by atoms with van der Waals surface area (Å²) in [5, 5.41) is 0.270. The van der Waals surface area contributed by atoms with E-state index in [1.807, 2.05) is 0 Å². The van der Waals surface area contributed by atoms with E-state index >= 15 is 0 Å². The summed E-state index contributed by atoms with van der Waals surface area (Å²) >= 11 is 0. The predicted octanol–water partition coefficient (Wildman–Crippen LogP) is 3.08. The highest BCUT2D eigenvalue weighted by Crippen LogP contribution is 2.33. The summed E-state index contributed by atoms with van der Waals surface area (Å²) in [7, 11) is -0.689. The van der Waals surface area contributed by atoms with Gasteiger partial charge in [-0.15, -0.1) is 0 Å². The van der Waals surface area contributed by atoms with Crippen molar-refractivity contribution >= 4 is 10.8 Å². The summed E-state index contributed by atoms with van der Waals surface area (Å²) in [6, 6.07) is 0.183. The molecule has 0 spiro atoms. The zero-order valence-corrected chi connectivity index (χ0v) is 12.8. The van der Waals surface area contributed by atoms with Gasteiger partial charge >= 0.3 is 0 Å². The minimum Gasteiger partial charge on any atom is -0.327 e. The van der Waals surface area contributed by atoms with E-state index in [-0.39, 0.29) is 11.3 Å². The molecule has 0 heterocycles. The van der Waals surface area contributed by atoms with Crippen molar-refractivity contribution in [1.29, 1.82) is 0 Å². The highest BCUT2D eigenvalue weighted by atomic mass is 32.2. The van der Waals surface area contributed by atoms with Gasteiger partial charge in [-0.2, -0.15) is 0 Å². The Morgan fingerprint density at radius 1 is 1.17 bits per heavy atom. The lowest BCUT2D eigenvalue weighted by Crippen LogP contribution is -2.45. The zero-order chi connectivity index (χ0) is 13.1. The molecule has 3 heteroatoms. The van der Waals surface area contributed by atoms with Crippen molar-refractivity contribution in [3.63, 3.8) is 0 Å². The first kappa shape index (κ1) is 14.5. The lowest BCUT2D eigenvalue weighted by Gasteiger charge is -2.35. The van der Waals surface area contributed by atoms with Crippen LogP contribution in [0.2, 0.25) is 0 Å². The molecule has 2 fully saturated rings. The van der Waals surface area contributed by atoms with Crippen LogP contribution >= 0.6 is 0 Å². The average molecular weight is 271 g/mol. The van der Waals surface area contributed by atoms with E-state index in [1.54, 1.807) is 0 Å². The number of nitrogens with two attached hydrogens (primary N) is 1. The molecule has 2 nitrogen and oxygen atoms in total.